The van der Waals surface area contributed by atoms with Gasteiger partial charge in [-0.15, -0.1) is 0 Å². The minimum atomic E-state index is -5.08. The standard InChI is InChI=1S/C26H27F4N5O2S.C2HF3O2/c1-31-24(36)16-7-8-23(37-2)21(13-16)33-10-3-5-17-14-22-20(34-19-9-11-32-15-18(19)27)6-4-12-35(22)25(17)38-26(28,29)30;3-2(4,5)1(6)7/h4,6-8,12-14,18-19,32-34H,9-11,15H2,1-2H3,(H,31,36);(H,6,7)/t18-,19+;/m0./s1. The minimum absolute atomic E-state index is 0.0787. The number of methoxy groups -OCH3 is 1. The van der Waals surface area contributed by atoms with Crippen molar-refractivity contribution in [2.75, 3.05) is 44.4 Å². The van der Waals surface area contributed by atoms with E-state index in [-0.39, 0.29) is 41.3 Å². The first-order chi connectivity index (χ1) is 21.1. The maximum absolute atomic E-state index is 14.4. The lowest BCUT2D eigenvalue weighted by atomic mass is 10.0. The van der Waals surface area contributed by atoms with Crippen LogP contribution in [0.3, 0.4) is 0 Å². The molecule has 9 nitrogen and oxygen atoms in total. The topological polar surface area (TPSA) is 116 Å². The summed E-state index contributed by atoms with van der Waals surface area (Å²) in [6.45, 7) is 0.953. The summed E-state index contributed by atoms with van der Waals surface area (Å²) >= 11 is -0.249. The molecule has 2 aromatic heterocycles. The fraction of sp³-hybridized carbons (Fsp3) is 0.357. The number of anilines is 2. The van der Waals surface area contributed by atoms with Crippen LogP contribution in [-0.4, -0.2) is 79.1 Å². The van der Waals surface area contributed by atoms with Gasteiger partial charge < -0.3 is 35.5 Å². The average Bonchev–Trinajstić information content (AvgIpc) is 3.32. The highest BCUT2D eigenvalue weighted by Gasteiger charge is 2.38. The van der Waals surface area contributed by atoms with E-state index >= 15 is 0 Å². The molecule has 3 heterocycles. The first-order valence-electron chi connectivity index (χ1n) is 13.1. The molecule has 1 aromatic carbocycles. The van der Waals surface area contributed by atoms with Crippen molar-refractivity contribution >= 4 is 40.5 Å². The second kappa shape index (κ2) is 15.1. The molecule has 17 heteroatoms. The van der Waals surface area contributed by atoms with Gasteiger partial charge in [-0.2, -0.15) is 26.3 Å². The lowest BCUT2D eigenvalue weighted by Crippen LogP contribution is -2.45. The number of piperidine rings is 1. The van der Waals surface area contributed by atoms with Crippen LogP contribution in [0.2, 0.25) is 0 Å². The zero-order valence-corrected chi connectivity index (χ0v) is 24.5. The van der Waals surface area contributed by atoms with Gasteiger partial charge in [-0.3, -0.25) is 4.79 Å². The molecule has 1 aliphatic heterocycles. The van der Waals surface area contributed by atoms with Crippen LogP contribution >= 0.6 is 11.8 Å². The number of carbonyl (C=O) groups is 2. The number of halogens is 7. The number of carboxylic acid groups (broad SMARTS) is 1. The van der Waals surface area contributed by atoms with Crippen LogP contribution in [0.5, 0.6) is 5.75 Å². The fourth-order valence-electron chi connectivity index (χ4n) is 4.19. The summed E-state index contributed by atoms with van der Waals surface area (Å²) < 4.78 is 93.2. The number of thioether (sulfide) groups is 1. The Balaban J connectivity index is 0.000000707. The molecule has 45 heavy (non-hydrogen) atoms. The number of aromatic nitrogens is 1. The van der Waals surface area contributed by atoms with Crippen LogP contribution in [0.15, 0.2) is 47.6 Å². The average molecular weight is 664 g/mol. The van der Waals surface area contributed by atoms with Gasteiger partial charge in [0.05, 0.1) is 42.2 Å². The summed E-state index contributed by atoms with van der Waals surface area (Å²) in [5.41, 5.74) is -2.40. The van der Waals surface area contributed by atoms with Crippen molar-refractivity contribution in [3.05, 3.63) is 53.7 Å². The van der Waals surface area contributed by atoms with Crippen LogP contribution in [0.1, 0.15) is 22.3 Å². The number of carboxylic acids is 1. The van der Waals surface area contributed by atoms with Gasteiger partial charge in [0, 0.05) is 37.1 Å². The number of nitrogens with one attached hydrogen (secondary N) is 4. The fourth-order valence-corrected chi connectivity index (χ4v) is 4.89. The number of ether oxygens (including phenoxy) is 1. The molecule has 1 saturated heterocycles. The third kappa shape index (κ3) is 9.85. The van der Waals surface area contributed by atoms with E-state index in [2.05, 4.69) is 33.1 Å². The maximum atomic E-state index is 14.4. The molecule has 0 bridgehead atoms. The molecule has 0 spiro atoms. The van der Waals surface area contributed by atoms with Crippen LogP contribution < -0.4 is 26.0 Å². The highest BCUT2D eigenvalue weighted by Crippen LogP contribution is 2.40. The van der Waals surface area contributed by atoms with E-state index in [0.29, 0.717) is 41.2 Å². The third-order valence-electron chi connectivity index (χ3n) is 6.25. The monoisotopic (exact) mass is 663 g/mol. The van der Waals surface area contributed by atoms with Crippen molar-refractivity contribution in [1.82, 2.24) is 15.0 Å². The third-order valence-corrected chi connectivity index (χ3v) is 7.09. The maximum Gasteiger partial charge on any atom is 0.490 e. The first kappa shape index (κ1) is 35.2. The Morgan fingerprint density at radius 3 is 2.47 bits per heavy atom. The van der Waals surface area contributed by atoms with Gasteiger partial charge in [0.2, 0.25) is 0 Å². The summed E-state index contributed by atoms with van der Waals surface area (Å²) in [7, 11) is 3.01. The van der Waals surface area contributed by atoms with Crippen molar-refractivity contribution in [2.45, 2.75) is 35.3 Å². The molecular formula is C28H28F7N5O4S. The first-order valence-corrected chi connectivity index (χ1v) is 13.9. The largest absolute Gasteiger partial charge is 0.495 e. The second-order valence-corrected chi connectivity index (χ2v) is 10.4. The summed E-state index contributed by atoms with van der Waals surface area (Å²) in [4.78, 5) is 20.9. The predicted molar refractivity (Wildman–Crippen MR) is 155 cm³/mol. The van der Waals surface area contributed by atoms with E-state index < -0.39 is 29.9 Å². The number of pyridine rings is 1. The number of hydrogen-bond donors (Lipinski definition) is 5. The van der Waals surface area contributed by atoms with Gasteiger partial charge in [0.15, 0.2) is 0 Å². The molecule has 1 fully saturated rings. The van der Waals surface area contributed by atoms with Crippen molar-refractivity contribution < 1.29 is 50.2 Å². The molecule has 244 valence electrons. The van der Waals surface area contributed by atoms with Gasteiger partial charge in [0.25, 0.3) is 5.91 Å². The summed E-state index contributed by atoms with van der Waals surface area (Å²) in [5.74, 6) is 3.15. The zero-order valence-electron chi connectivity index (χ0n) is 23.7. The van der Waals surface area contributed by atoms with E-state index in [9.17, 15) is 35.5 Å². The Labute approximate surface area is 256 Å². The Morgan fingerprint density at radius 2 is 1.87 bits per heavy atom. The zero-order chi connectivity index (χ0) is 33.4. The Morgan fingerprint density at radius 1 is 1.16 bits per heavy atom. The second-order valence-electron chi connectivity index (χ2n) is 9.30. The lowest BCUT2D eigenvalue weighted by Gasteiger charge is -2.28. The van der Waals surface area contributed by atoms with Crippen molar-refractivity contribution in [1.29, 1.82) is 0 Å². The summed E-state index contributed by atoms with van der Waals surface area (Å²) in [6.07, 6.45) is -4.12. The Hall–Kier alpha value is -4.30. The number of hydrogen-bond acceptors (Lipinski definition) is 7. The molecule has 5 N–H and O–H groups in total. The molecule has 3 aromatic rings. The molecule has 0 saturated carbocycles. The van der Waals surface area contributed by atoms with Gasteiger partial charge in [-0.05, 0) is 49.4 Å². The smallest absolute Gasteiger partial charge is 0.490 e. The number of amides is 1. The molecule has 4 rings (SSSR count). The SMILES string of the molecule is CNC(=O)c1ccc(OC)c(NCC#Cc2cc3c(N[C@@H]4CCNC[C@@H]4F)cccn3c2SC(F)(F)F)c1.O=C(O)C(F)(F)F. The quantitative estimate of drug-likeness (QED) is 0.134. The summed E-state index contributed by atoms with van der Waals surface area (Å²) in [6, 6.07) is 9.32. The normalized spacial score (nSPS) is 16.5. The lowest BCUT2D eigenvalue weighted by molar-refractivity contribution is -0.192. The van der Waals surface area contributed by atoms with Crippen molar-refractivity contribution in [3.8, 4) is 17.6 Å². The number of fused-ring (bicyclic) bond motifs is 1. The van der Waals surface area contributed by atoms with Crippen molar-refractivity contribution in [2.24, 2.45) is 0 Å². The number of nitrogens with zero attached hydrogens (tertiary/aromatic N) is 1. The number of rotatable bonds is 7. The Kier molecular flexibility index (Phi) is 11.8. The molecule has 1 amide bonds. The molecular weight excluding hydrogens is 635 g/mol. The van der Waals surface area contributed by atoms with Gasteiger partial charge >= 0.3 is 17.7 Å². The number of aliphatic carboxylic acids is 1. The van der Waals surface area contributed by atoms with Crippen LogP contribution in [-0.2, 0) is 4.79 Å². The molecule has 0 unspecified atom stereocenters. The summed E-state index contributed by atoms with van der Waals surface area (Å²) in [5, 5.41) is 18.8. The molecule has 0 radical (unpaired) electrons. The number of alkyl halides is 7. The van der Waals surface area contributed by atoms with E-state index in [1.54, 1.807) is 36.4 Å². The highest BCUT2D eigenvalue weighted by atomic mass is 32.2. The van der Waals surface area contributed by atoms with E-state index in [4.69, 9.17) is 14.6 Å². The Bertz CT molecular complexity index is 1570. The van der Waals surface area contributed by atoms with Crippen LogP contribution in [0.4, 0.5) is 42.1 Å². The van der Waals surface area contributed by atoms with Crippen molar-refractivity contribution in [3.63, 3.8) is 0 Å². The van der Waals surface area contributed by atoms with E-state index in [0.717, 1.165) is 0 Å². The van der Waals surface area contributed by atoms with Gasteiger partial charge in [-0.1, -0.05) is 11.8 Å². The number of benzene rings is 1. The molecule has 0 aliphatic carbocycles. The van der Waals surface area contributed by atoms with Crippen LogP contribution in [0.25, 0.3) is 5.52 Å². The van der Waals surface area contributed by atoms with Crippen LogP contribution in [0, 0.1) is 11.8 Å². The molecule has 2 atom stereocenters. The predicted octanol–water partition coefficient (Wildman–Crippen LogP) is 5.13. The number of carbonyl (C=O) groups excluding carboxylic acids is 1. The van der Waals surface area contributed by atoms with E-state index in [1.165, 1.54) is 24.8 Å². The van der Waals surface area contributed by atoms with Gasteiger partial charge in [0.1, 0.15) is 16.9 Å². The molecule has 1 aliphatic rings. The minimum Gasteiger partial charge on any atom is -0.495 e. The van der Waals surface area contributed by atoms with E-state index in [1.807, 2.05) is 0 Å². The highest BCUT2D eigenvalue weighted by molar-refractivity contribution is 8.00. The van der Waals surface area contributed by atoms with Gasteiger partial charge in [-0.25, -0.2) is 9.18 Å².